The first-order chi connectivity index (χ1) is 8.31. The van der Waals surface area contributed by atoms with Crippen LogP contribution in [0.1, 0.15) is 18.7 Å². The van der Waals surface area contributed by atoms with E-state index >= 15 is 0 Å². The average molecular weight is 226 g/mol. The van der Waals surface area contributed by atoms with Crippen LogP contribution in [0.2, 0.25) is 0 Å². The molecule has 2 aromatic heterocycles. The predicted octanol–water partition coefficient (Wildman–Crippen LogP) is 2.42. The lowest BCUT2D eigenvalue weighted by atomic mass is 10.2. The third-order valence-electron chi connectivity index (χ3n) is 2.69. The minimum Gasteiger partial charge on any atom is -0.367 e. The Hall–Kier alpha value is -1.97. The maximum Gasteiger partial charge on any atom is 0.130 e. The second-order valence-corrected chi connectivity index (χ2v) is 4.32. The molecule has 2 heterocycles. The second kappa shape index (κ2) is 4.13. The van der Waals surface area contributed by atoms with Crippen molar-refractivity contribution < 1.29 is 0 Å². The molecule has 0 aliphatic heterocycles. The minimum atomic E-state index is 0.598. The van der Waals surface area contributed by atoms with Gasteiger partial charge in [0.25, 0.3) is 0 Å². The predicted molar refractivity (Wildman–Crippen MR) is 66.6 cm³/mol. The molecule has 3 rings (SSSR count). The number of hydrogen-bond acceptors (Lipinski definition) is 4. The molecule has 0 amide bonds. The molecule has 0 atom stereocenters. The van der Waals surface area contributed by atoms with Gasteiger partial charge in [-0.3, -0.25) is 4.98 Å². The van der Waals surface area contributed by atoms with Crippen molar-refractivity contribution in [3.05, 3.63) is 36.3 Å². The first-order valence-electron chi connectivity index (χ1n) is 5.85. The largest absolute Gasteiger partial charge is 0.367 e. The van der Waals surface area contributed by atoms with Crippen LogP contribution in [-0.4, -0.2) is 21.0 Å². The van der Waals surface area contributed by atoms with Gasteiger partial charge >= 0.3 is 0 Å². The molecule has 17 heavy (non-hydrogen) atoms. The van der Waals surface area contributed by atoms with E-state index in [-0.39, 0.29) is 0 Å². The summed E-state index contributed by atoms with van der Waals surface area (Å²) in [6.45, 7) is 1.91. The lowest BCUT2D eigenvalue weighted by molar-refractivity contribution is 1.02. The molecule has 4 nitrogen and oxygen atoms in total. The zero-order valence-electron chi connectivity index (χ0n) is 9.72. The molecule has 1 fully saturated rings. The number of aryl methyl sites for hydroxylation is 1. The fraction of sp³-hybridized carbons (Fsp3) is 0.308. The van der Waals surface area contributed by atoms with E-state index in [2.05, 4.69) is 20.3 Å². The van der Waals surface area contributed by atoms with Gasteiger partial charge in [0.1, 0.15) is 11.6 Å². The Morgan fingerprint density at radius 1 is 1.18 bits per heavy atom. The van der Waals surface area contributed by atoms with Crippen molar-refractivity contribution >= 4 is 5.82 Å². The minimum absolute atomic E-state index is 0.598. The molecule has 4 heteroatoms. The number of rotatable bonds is 3. The van der Waals surface area contributed by atoms with Crippen LogP contribution in [0.15, 0.2) is 30.5 Å². The van der Waals surface area contributed by atoms with Crippen molar-refractivity contribution in [2.75, 3.05) is 5.32 Å². The topological polar surface area (TPSA) is 50.7 Å². The SMILES string of the molecule is Cc1nc(NC2CC2)cc(-c2ccccn2)n1. The summed E-state index contributed by atoms with van der Waals surface area (Å²) >= 11 is 0. The van der Waals surface area contributed by atoms with Crippen LogP contribution in [0.3, 0.4) is 0 Å². The molecule has 0 unspecified atom stereocenters. The van der Waals surface area contributed by atoms with Crippen molar-refractivity contribution in [1.29, 1.82) is 0 Å². The highest BCUT2D eigenvalue weighted by Crippen LogP contribution is 2.25. The van der Waals surface area contributed by atoms with Crippen molar-refractivity contribution in [3.63, 3.8) is 0 Å². The number of pyridine rings is 1. The van der Waals surface area contributed by atoms with E-state index in [4.69, 9.17) is 0 Å². The Morgan fingerprint density at radius 3 is 2.76 bits per heavy atom. The summed E-state index contributed by atoms with van der Waals surface area (Å²) in [4.78, 5) is 13.1. The van der Waals surface area contributed by atoms with E-state index in [0.717, 1.165) is 23.0 Å². The first kappa shape index (κ1) is 10.2. The fourth-order valence-electron chi connectivity index (χ4n) is 1.72. The van der Waals surface area contributed by atoms with Crippen LogP contribution < -0.4 is 5.32 Å². The van der Waals surface area contributed by atoms with Gasteiger partial charge in [-0.2, -0.15) is 0 Å². The van der Waals surface area contributed by atoms with Crippen molar-refractivity contribution in [1.82, 2.24) is 15.0 Å². The van der Waals surface area contributed by atoms with Crippen LogP contribution in [0.5, 0.6) is 0 Å². The van der Waals surface area contributed by atoms with E-state index in [0.29, 0.717) is 6.04 Å². The molecule has 1 saturated carbocycles. The number of nitrogens with one attached hydrogen (secondary N) is 1. The Kier molecular flexibility index (Phi) is 2.48. The molecule has 2 aromatic rings. The molecule has 0 radical (unpaired) electrons. The van der Waals surface area contributed by atoms with Crippen molar-refractivity contribution in [2.24, 2.45) is 0 Å². The number of nitrogens with zero attached hydrogens (tertiary/aromatic N) is 3. The van der Waals surface area contributed by atoms with Crippen LogP contribution >= 0.6 is 0 Å². The van der Waals surface area contributed by atoms with Crippen LogP contribution in [0, 0.1) is 6.92 Å². The van der Waals surface area contributed by atoms with Gasteiger partial charge in [0, 0.05) is 18.3 Å². The van der Waals surface area contributed by atoms with Gasteiger partial charge in [0.15, 0.2) is 0 Å². The summed E-state index contributed by atoms with van der Waals surface area (Å²) in [6.07, 6.45) is 4.25. The monoisotopic (exact) mass is 226 g/mol. The average Bonchev–Trinajstić information content (AvgIpc) is 3.13. The fourth-order valence-corrected chi connectivity index (χ4v) is 1.72. The van der Waals surface area contributed by atoms with Crippen molar-refractivity contribution in [3.8, 4) is 11.4 Å². The first-order valence-corrected chi connectivity index (χ1v) is 5.85. The third kappa shape index (κ3) is 2.41. The maximum absolute atomic E-state index is 4.42. The molecule has 1 aliphatic rings. The standard InChI is InChI=1S/C13H14N4/c1-9-15-12(11-4-2-3-7-14-11)8-13(16-9)17-10-5-6-10/h2-4,7-8,10H,5-6H2,1H3,(H,15,16,17). The highest BCUT2D eigenvalue weighted by Gasteiger charge is 2.21. The third-order valence-corrected chi connectivity index (χ3v) is 2.69. The summed E-state index contributed by atoms with van der Waals surface area (Å²) < 4.78 is 0. The molecule has 1 aliphatic carbocycles. The van der Waals surface area contributed by atoms with Gasteiger partial charge in [-0.1, -0.05) is 6.07 Å². The lowest BCUT2D eigenvalue weighted by Crippen LogP contribution is -2.05. The Balaban J connectivity index is 1.95. The Bertz CT molecular complexity index is 520. The maximum atomic E-state index is 4.42. The molecule has 0 spiro atoms. The number of hydrogen-bond donors (Lipinski definition) is 1. The summed E-state index contributed by atoms with van der Waals surface area (Å²) in [5, 5.41) is 3.39. The molecule has 0 aromatic carbocycles. The summed E-state index contributed by atoms with van der Waals surface area (Å²) in [5.41, 5.74) is 1.76. The van der Waals surface area contributed by atoms with Gasteiger partial charge in [0.05, 0.1) is 11.4 Å². The van der Waals surface area contributed by atoms with Crippen LogP contribution in [0.4, 0.5) is 5.82 Å². The highest BCUT2D eigenvalue weighted by molar-refractivity contribution is 5.58. The zero-order chi connectivity index (χ0) is 11.7. The van der Waals surface area contributed by atoms with Crippen molar-refractivity contribution in [2.45, 2.75) is 25.8 Å². The molecule has 0 bridgehead atoms. The van der Waals surface area contributed by atoms with Crippen LogP contribution in [0.25, 0.3) is 11.4 Å². The number of anilines is 1. The number of aromatic nitrogens is 3. The summed E-state index contributed by atoms with van der Waals surface area (Å²) in [7, 11) is 0. The lowest BCUT2D eigenvalue weighted by Gasteiger charge is -2.07. The second-order valence-electron chi connectivity index (χ2n) is 4.32. The highest BCUT2D eigenvalue weighted by atomic mass is 15.1. The molecular formula is C13H14N4. The zero-order valence-corrected chi connectivity index (χ0v) is 9.72. The van der Waals surface area contributed by atoms with E-state index in [1.54, 1.807) is 6.20 Å². The van der Waals surface area contributed by atoms with E-state index in [9.17, 15) is 0 Å². The smallest absolute Gasteiger partial charge is 0.130 e. The van der Waals surface area contributed by atoms with E-state index in [1.807, 2.05) is 31.2 Å². The van der Waals surface area contributed by atoms with E-state index in [1.165, 1.54) is 12.8 Å². The molecule has 0 saturated heterocycles. The normalized spacial score (nSPS) is 14.6. The van der Waals surface area contributed by atoms with Gasteiger partial charge in [-0.15, -0.1) is 0 Å². The molecular weight excluding hydrogens is 212 g/mol. The Labute approximate surface area is 100 Å². The molecule has 1 N–H and O–H groups in total. The molecule has 86 valence electrons. The summed E-state index contributed by atoms with van der Waals surface area (Å²) in [6, 6.07) is 8.39. The van der Waals surface area contributed by atoms with Gasteiger partial charge in [0.2, 0.25) is 0 Å². The van der Waals surface area contributed by atoms with E-state index < -0.39 is 0 Å². The Morgan fingerprint density at radius 2 is 2.06 bits per heavy atom. The quantitative estimate of drug-likeness (QED) is 0.873. The van der Waals surface area contributed by atoms with Crippen LogP contribution in [-0.2, 0) is 0 Å². The van der Waals surface area contributed by atoms with Gasteiger partial charge in [-0.25, -0.2) is 9.97 Å². The van der Waals surface area contributed by atoms with Gasteiger partial charge < -0.3 is 5.32 Å². The van der Waals surface area contributed by atoms with Gasteiger partial charge in [-0.05, 0) is 31.9 Å². The summed E-state index contributed by atoms with van der Waals surface area (Å²) in [5.74, 6) is 1.68.